The van der Waals surface area contributed by atoms with Crippen LogP contribution in [0.4, 0.5) is 22.7 Å². The van der Waals surface area contributed by atoms with Crippen LogP contribution in [0.2, 0.25) is 0 Å². The van der Waals surface area contributed by atoms with Gasteiger partial charge in [-0.15, -0.1) is 0 Å². The molecule has 336 valence electrons. The molecule has 65 heavy (non-hydrogen) atoms. The minimum absolute atomic E-state index is 0.0454. The first-order valence-electron chi connectivity index (χ1n) is 23.2. The van der Waals surface area contributed by atoms with Crippen molar-refractivity contribution < 1.29 is 23.7 Å². The van der Waals surface area contributed by atoms with Gasteiger partial charge < -0.3 is 24.0 Å². The number of benzene rings is 4. The second kappa shape index (κ2) is 16.6. The van der Waals surface area contributed by atoms with Crippen molar-refractivity contribution in [3.63, 3.8) is 0 Å². The molecule has 0 radical (unpaired) electrons. The Morgan fingerprint density at radius 1 is 0.831 bits per heavy atom. The van der Waals surface area contributed by atoms with Gasteiger partial charge in [0.1, 0.15) is 24.3 Å². The standard InChI is InChI=1S/C56H63N4O5/c1-53(2)43-20-11-13-22-46(43)57(7)50(53)30-24-38-18-17-19-39(25-31-51-54(3,4)44-21-12-14-23-47(44)58(51)8)52(38)64-35-16-10-15-34-59-48-28-27-42(63-9)37-45(48)55(5,6)56(59)33-32-40-36-41(60(61)62)26-29-49(40)65-56/h11-14,20-33,36-37H,10,15-19,34-35H2,1-9H3/q+1. The fourth-order valence-corrected chi connectivity index (χ4v) is 11.2. The van der Waals surface area contributed by atoms with Crippen LogP contribution >= 0.6 is 0 Å². The number of methoxy groups -OCH3 is 1. The highest BCUT2D eigenvalue weighted by molar-refractivity contribution is 6.03. The van der Waals surface area contributed by atoms with Gasteiger partial charge in [-0.3, -0.25) is 10.1 Å². The molecule has 1 aliphatic carbocycles. The predicted octanol–water partition coefficient (Wildman–Crippen LogP) is 12.6. The Balaban J connectivity index is 0.966. The maximum absolute atomic E-state index is 11.6. The number of likely N-dealkylation sites (N-methyl/N-ethyl adjacent to an activating group) is 1. The van der Waals surface area contributed by atoms with Crippen molar-refractivity contribution in [2.24, 2.45) is 0 Å². The third kappa shape index (κ3) is 7.28. The van der Waals surface area contributed by atoms with Crippen molar-refractivity contribution in [2.45, 2.75) is 102 Å². The minimum atomic E-state index is -0.839. The van der Waals surface area contributed by atoms with Crippen LogP contribution in [-0.2, 0) is 21.0 Å². The van der Waals surface area contributed by atoms with Crippen molar-refractivity contribution in [1.29, 1.82) is 0 Å². The predicted molar refractivity (Wildman–Crippen MR) is 263 cm³/mol. The van der Waals surface area contributed by atoms with Crippen molar-refractivity contribution in [1.82, 2.24) is 0 Å². The summed E-state index contributed by atoms with van der Waals surface area (Å²) in [6.07, 6.45) is 19.1. The molecule has 9 rings (SSSR count). The summed E-state index contributed by atoms with van der Waals surface area (Å²) < 4.78 is 22.0. The van der Waals surface area contributed by atoms with Gasteiger partial charge in [0.05, 0.1) is 29.5 Å². The Labute approximate surface area is 384 Å². The number of nitro benzene ring substituents is 1. The van der Waals surface area contributed by atoms with E-state index in [9.17, 15) is 10.1 Å². The van der Waals surface area contributed by atoms with Gasteiger partial charge in [0.2, 0.25) is 11.4 Å². The summed E-state index contributed by atoms with van der Waals surface area (Å²) in [6.45, 7) is 15.1. The van der Waals surface area contributed by atoms with Gasteiger partial charge in [0.25, 0.3) is 5.69 Å². The van der Waals surface area contributed by atoms with Crippen molar-refractivity contribution >= 4 is 34.5 Å². The van der Waals surface area contributed by atoms with E-state index >= 15 is 0 Å². The topological polar surface area (TPSA) is 80.3 Å². The summed E-state index contributed by atoms with van der Waals surface area (Å²) >= 11 is 0. The fraction of sp³-hybridized carbons (Fsp3) is 0.375. The summed E-state index contributed by atoms with van der Waals surface area (Å²) in [5.41, 5.74) is 11.7. The first-order chi connectivity index (χ1) is 31.1. The Hall–Kier alpha value is -6.35. The molecule has 1 spiro atoms. The Kier molecular flexibility index (Phi) is 11.2. The number of ether oxygens (including phenoxy) is 3. The quantitative estimate of drug-likeness (QED) is 0.0607. The van der Waals surface area contributed by atoms with E-state index in [0.29, 0.717) is 17.9 Å². The van der Waals surface area contributed by atoms with Crippen LogP contribution in [0.15, 0.2) is 138 Å². The van der Waals surface area contributed by atoms with E-state index in [1.54, 1.807) is 19.2 Å². The summed E-state index contributed by atoms with van der Waals surface area (Å²) in [4.78, 5) is 16.0. The average molecular weight is 872 g/mol. The molecule has 5 aliphatic rings. The summed E-state index contributed by atoms with van der Waals surface area (Å²) in [6, 6.07) is 28.6. The number of non-ortho nitro benzene ring substituents is 1. The molecule has 0 aromatic heterocycles. The van der Waals surface area contributed by atoms with E-state index in [1.807, 2.05) is 12.1 Å². The van der Waals surface area contributed by atoms with E-state index < -0.39 is 11.1 Å². The molecule has 1 atom stereocenters. The van der Waals surface area contributed by atoms with Crippen molar-refractivity contribution in [2.75, 3.05) is 44.2 Å². The molecule has 0 N–H and O–H groups in total. The number of nitrogens with zero attached hydrogens (tertiary/aromatic N) is 4. The molecule has 9 heteroatoms. The highest BCUT2D eigenvalue weighted by Crippen LogP contribution is 2.56. The van der Waals surface area contributed by atoms with Gasteiger partial charge in [-0.1, -0.05) is 56.3 Å². The van der Waals surface area contributed by atoms with E-state index in [4.69, 9.17) is 14.2 Å². The molecule has 0 saturated carbocycles. The number of hydrogen-bond donors (Lipinski definition) is 0. The maximum Gasteiger partial charge on any atom is 0.270 e. The van der Waals surface area contributed by atoms with Crippen LogP contribution in [0.5, 0.6) is 11.5 Å². The molecule has 0 bridgehead atoms. The van der Waals surface area contributed by atoms with Gasteiger partial charge in [-0.05, 0) is 143 Å². The van der Waals surface area contributed by atoms with Gasteiger partial charge in [0, 0.05) is 71.5 Å². The third-order valence-corrected chi connectivity index (χ3v) is 14.9. The number of unbranched alkanes of at least 4 members (excludes halogenated alkanes) is 2. The zero-order valence-corrected chi connectivity index (χ0v) is 39.5. The zero-order valence-electron chi connectivity index (χ0n) is 39.5. The number of para-hydroxylation sites is 2. The molecule has 1 unspecified atom stereocenters. The van der Waals surface area contributed by atoms with E-state index in [-0.39, 0.29) is 21.4 Å². The number of nitro groups is 1. The largest absolute Gasteiger partial charge is 0.497 e. The molecular formula is C56H63N4O5+. The third-order valence-electron chi connectivity index (χ3n) is 14.9. The summed E-state index contributed by atoms with van der Waals surface area (Å²) in [5, 5.41) is 11.6. The van der Waals surface area contributed by atoms with Gasteiger partial charge >= 0.3 is 0 Å². The number of anilines is 2. The SMILES string of the molecule is COc1ccc2c(c1)C(C)(C)C1(C=Cc3cc([N+](=O)[O-])ccc3O1)N2CCCCCOC1=C(/C=C/C2=[N+](C)c3ccccc3C2(C)C)CCC/C1=C\C=C1\N(C)c2ccccc2C1(C)C. The number of allylic oxidation sites excluding steroid dienone is 7. The van der Waals surface area contributed by atoms with Gasteiger partial charge in [-0.2, -0.15) is 4.58 Å². The van der Waals surface area contributed by atoms with E-state index in [2.05, 4.69) is 161 Å². The minimum Gasteiger partial charge on any atom is -0.497 e. The lowest BCUT2D eigenvalue weighted by Crippen LogP contribution is -2.59. The highest BCUT2D eigenvalue weighted by atomic mass is 16.6. The van der Waals surface area contributed by atoms with Gasteiger partial charge in [-0.25, -0.2) is 0 Å². The molecule has 0 amide bonds. The molecule has 0 saturated heterocycles. The Bertz CT molecular complexity index is 2770. The molecule has 0 fully saturated rings. The maximum atomic E-state index is 11.6. The number of hydrogen-bond acceptors (Lipinski definition) is 7. The van der Waals surface area contributed by atoms with Crippen LogP contribution in [0, 0.1) is 10.1 Å². The van der Waals surface area contributed by atoms with E-state index in [1.165, 1.54) is 51.1 Å². The monoisotopic (exact) mass is 871 g/mol. The molecule has 4 aromatic rings. The van der Waals surface area contributed by atoms with Crippen LogP contribution in [0.25, 0.3) is 6.08 Å². The van der Waals surface area contributed by atoms with E-state index in [0.717, 1.165) is 67.8 Å². The van der Waals surface area contributed by atoms with Crippen LogP contribution < -0.4 is 19.3 Å². The second-order valence-electron chi connectivity index (χ2n) is 19.8. The second-order valence-corrected chi connectivity index (χ2v) is 19.8. The Morgan fingerprint density at radius 2 is 1.60 bits per heavy atom. The summed E-state index contributed by atoms with van der Waals surface area (Å²) in [5.74, 6) is 2.44. The lowest BCUT2D eigenvalue weighted by molar-refractivity contribution is -0.401. The first kappa shape index (κ1) is 43.9. The lowest BCUT2D eigenvalue weighted by Gasteiger charge is -2.47. The number of rotatable bonds is 12. The molecule has 4 aliphatic heterocycles. The Morgan fingerprint density at radius 3 is 2.35 bits per heavy atom. The van der Waals surface area contributed by atoms with Gasteiger partial charge in [0.15, 0.2) is 5.71 Å². The number of fused-ring (bicyclic) bond motifs is 4. The van der Waals surface area contributed by atoms with Crippen LogP contribution in [0.3, 0.4) is 0 Å². The summed E-state index contributed by atoms with van der Waals surface area (Å²) in [7, 11) is 6.05. The highest BCUT2D eigenvalue weighted by Gasteiger charge is 2.59. The van der Waals surface area contributed by atoms with Crippen molar-refractivity contribution in [3.05, 3.63) is 170 Å². The van der Waals surface area contributed by atoms with Crippen LogP contribution in [-0.4, -0.2) is 55.3 Å². The molecule has 4 heterocycles. The lowest BCUT2D eigenvalue weighted by atomic mass is 9.76. The normalized spacial score (nSPS) is 22.2. The van der Waals surface area contributed by atoms with Crippen LogP contribution in [0.1, 0.15) is 102 Å². The zero-order chi connectivity index (χ0) is 45.9. The molecular weight excluding hydrogens is 809 g/mol. The molecule has 4 aromatic carbocycles. The smallest absolute Gasteiger partial charge is 0.270 e. The first-order valence-corrected chi connectivity index (χ1v) is 23.2. The van der Waals surface area contributed by atoms with Crippen molar-refractivity contribution in [3.8, 4) is 11.5 Å². The molecule has 9 nitrogen and oxygen atoms in total. The average Bonchev–Trinajstić information content (AvgIpc) is 3.70. The fourth-order valence-electron chi connectivity index (χ4n) is 11.2.